The van der Waals surface area contributed by atoms with Crippen LogP contribution < -0.4 is 4.74 Å². The number of nitrogens with zero attached hydrogens (tertiary/aromatic N) is 1. The van der Waals surface area contributed by atoms with Crippen molar-refractivity contribution in [1.82, 2.24) is 9.88 Å². The van der Waals surface area contributed by atoms with Crippen LogP contribution in [0.4, 0.5) is 0 Å². The van der Waals surface area contributed by atoms with Crippen molar-refractivity contribution < 1.29 is 14.3 Å². The van der Waals surface area contributed by atoms with Crippen LogP contribution >= 0.6 is 0 Å². The number of aromatic nitrogens is 1. The summed E-state index contributed by atoms with van der Waals surface area (Å²) in [6.45, 7) is 4.76. The lowest BCUT2D eigenvalue weighted by molar-refractivity contribution is 0.0767. The molecule has 2 aromatic rings. The van der Waals surface area contributed by atoms with Gasteiger partial charge >= 0.3 is 0 Å². The highest BCUT2D eigenvalue weighted by atomic mass is 16.5. The van der Waals surface area contributed by atoms with Crippen LogP contribution in [-0.4, -0.2) is 41.8 Å². The first-order valence-corrected chi connectivity index (χ1v) is 8.67. The zero-order valence-electron chi connectivity index (χ0n) is 15.0. The number of likely N-dealkylation sites (N-methyl/N-ethyl adjacent to an activating group) is 1. The molecule has 1 aliphatic rings. The van der Waals surface area contributed by atoms with Gasteiger partial charge in [0, 0.05) is 24.7 Å². The summed E-state index contributed by atoms with van der Waals surface area (Å²) in [5.74, 6) is 0.838. The summed E-state index contributed by atoms with van der Waals surface area (Å²) in [5.41, 5.74) is 4.06. The SMILES string of the molecule is Cc1cccc(OCCN(C)C(=O)c2[nH]c3c(c2C)C(=O)CCC3)c1. The summed E-state index contributed by atoms with van der Waals surface area (Å²) in [4.78, 5) is 29.6. The molecule has 0 spiro atoms. The van der Waals surface area contributed by atoms with E-state index < -0.39 is 0 Å². The number of carbonyl (C=O) groups is 2. The molecule has 0 radical (unpaired) electrons. The quantitative estimate of drug-likeness (QED) is 0.908. The van der Waals surface area contributed by atoms with Crippen molar-refractivity contribution in [3.05, 3.63) is 52.3 Å². The number of rotatable bonds is 5. The molecule has 1 aromatic heterocycles. The van der Waals surface area contributed by atoms with Crippen molar-refractivity contribution in [3.63, 3.8) is 0 Å². The molecule has 0 saturated heterocycles. The molecule has 5 heteroatoms. The number of nitrogens with one attached hydrogen (secondary N) is 1. The second-order valence-corrected chi connectivity index (χ2v) is 6.65. The molecule has 5 nitrogen and oxygen atoms in total. The molecule has 0 fully saturated rings. The standard InChI is InChI=1S/C20H24N2O3/c1-13-6-4-7-15(12-13)25-11-10-22(3)20(24)19-14(2)18-16(21-19)8-5-9-17(18)23/h4,6-7,12,21H,5,8-11H2,1-3H3. The highest BCUT2D eigenvalue weighted by Crippen LogP contribution is 2.27. The average Bonchev–Trinajstić information content (AvgIpc) is 2.92. The monoisotopic (exact) mass is 340 g/mol. The molecule has 132 valence electrons. The Morgan fingerprint density at radius 1 is 1.28 bits per heavy atom. The fourth-order valence-electron chi connectivity index (χ4n) is 3.29. The van der Waals surface area contributed by atoms with Gasteiger partial charge in [0.2, 0.25) is 0 Å². The number of amides is 1. The van der Waals surface area contributed by atoms with E-state index >= 15 is 0 Å². The minimum absolute atomic E-state index is 0.104. The molecule has 3 rings (SSSR count). The number of benzene rings is 1. The van der Waals surface area contributed by atoms with Gasteiger partial charge < -0.3 is 14.6 Å². The predicted octanol–water partition coefficient (Wildman–Crippen LogP) is 3.30. The van der Waals surface area contributed by atoms with Gasteiger partial charge in [-0.1, -0.05) is 12.1 Å². The minimum atomic E-state index is -0.104. The van der Waals surface area contributed by atoms with E-state index in [0.717, 1.165) is 41.0 Å². The van der Waals surface area contributed by atoms with Crippen molar-refractivity contribution in [3.8, 4) is 5.75 Å². The first kappa shape index (κ1) is 17.3. The van der Waals surface area contributed by atoms with E-state index in [1.165, 1.54) is 0 Å². The lowest BCUT2D eigenvalue weighted by Gasteiger charge is -2.17. The molecule has 0 bridgehead atoms. The number of hydrogen-bond acceptors (Lipinski definition) is 3. The number of aromatic amines is 1. The Labute approximate surface area is 148 Å². The van der Waals surface area contributed by atoms with Gasteiger partial charge in [0.05, 0.1) is 6.54 Å². The van der Waals surface area contributed by atoms with E-state index in [9.17, 15) is 9.59 Å². The van der Waals surface area contributed by atoms with Crippen LogP contribution in [0.1, 0.15) is 50.5 Å². The highest BCUT2D eigenvalue weighted by Gasteiger charge is 2.27. The van der Waals surface area contributed by atoms with E-state index in [-0.39, 0.29) is 11.7 Å². The van der Waals surface area contributed by atoms with Crippen LogP contribution in [0.5, 0.6) is 5.75 Å². The molecular formula is C20H24N2O3. The summed E-state index contributed by atoms with van der Waals surface area (Å²) in [7, 11) is 1.75. The van der Waals surface area contributed by atoms with Crippen molar-refractivity contribution >= 4 is 11.7 Å². The van der Waals surface area contributed by atoms with E-state index in [4.69, 9.17) is 4.74 Å². The van der Waals surface area contributed by atoms with Crippen LogP contribution in [0.2, 0.25) is 0 Å². The number of H-pyrrole nitrogens is 1. The molecule has 1 heterocycles. The normalized spacial score (nSPS) is 13.5. The third kappa shape index (κ3) is 3.60. The molecule has 0 atom stereocenters. The van der Waals surface area contributed by atoms with Gasteiger partial charge in [-0.15, -0.1) is 0 Å². The van der Waals surface area contributed by atoms with Crippen LogP contribution in [0, 0.1) is 13.8 Å². The first-order valence-electron chi connectivity index (χ1n) is 8.67. The van der Waals surface area contributed by atoms with E-state index in [2.05, 4.69) is 4.98 Å². The fourth-order valence-corrected chi connectivity index (χ4v) is 3.29. The van der Waals surface area contributed by atoms with Crippen LogP contribution in [-0.2, 0) is 6.42 Å². The Hall–Kier alpha value is -2.56. The van der Waals surface area contributed by atoms with Gasteiger partial charge in [-0.2, -0.15) is 0 Å². The highest BCUT2D eigenvalue weighted by molar-refractivity contribution is 6.04. The summed E-state index contributed by atoms with van der Waals surface area (Å²) in [6.07, 6.45) is 2.24. The average molecular weight is 340 g/mol. The van der Waals surface area contributed by atoms with Gasteiger partial charge in [-0.05, 0) is 49.9 Å². The number of Topliss-reactive ketones (excluding diaryl/α,β-unsaturated/α-hetero) is 1. The summed E-state index contributed by atoms with van der Waals surface area (Å²) < 4.78 is 5.71. The van der Waals surface area contributed by atoms with Crippen LogP contribution in [0.15, 0.2) is 24.3 Å². The topological polar surface area (TPSA) is 62.4 Å². The molecule has 1 aliphatic carbocycles. The maximum absolute atomic E-state index is 12.7. The van der Waals surface area contributed by atoms with E-state index in [1.807, 2.05) is 38.1 Å². The number of aryl methyl sites for hydroxylation is 2. The van der Waals surface area contributed by atoms with Crippen molar-refractivity contribution in [1.29, 1.82) is 0 Å². The third-order valence-corrected chi connectivity index (χ3v) is 4.68. The Morgan fingerprint density at radius 3 is 2.80 bits per heavy atom. The third-order valence-electron chi connectivity index (χ3n) is 4.68. The zero-order chi connectivity index (χ0) is 18.0. The number of hydrogen-bond donors (Lipinski definition) is 1. The number of ether oxygens (including phenoxy) is 1. The second-order valence-electron chi connectivity index (χ2n) is 6.65. The Kier molecular flexibility index (Phi) is 4.93. The van der Waals surface area contributed by atoms with Crippen LogP contribution in [0.3, 0.4) is 0 Å². The van der Waals surface area contributed by atoms with Gasteiger partial charge in [0.25, 0.3) is 5.91 Å². The van der Waals surface area contributed by atoms with Gasteiger partial charge in [-0.25, -0.2) is 0 Å². The predicted molar refractivity (Wildman–Crippen MR) is 96.4 cm³/mol. The van der Waals surface area contributed by atoms with Crippen molar-refractivity contribution in [2.45, 2.75) is 33.1 Å². The smallest absolute Gasteiger partial charge is 0.270 e. The fraction of sp³-hybridized carbons (Fsp3) is 0.400. The zero-order valence-corrected chi connectivity index (χ0v) is 15.0. The van der Waals surface area contributed by atoms with Gasteiger partial charge in [-0.3, -0.25) is 9.59 Å². The van der Waals surface area contributed by atoms with Crippen LogP contribution in [0.25, 0.3) is 0 Å². The molecule has 0 aliphatic heterocycles. The van der Waals surface area contributed by atoms with E-state index in [0.29, 0.717) is 25.3 Å². The van der Waals surface area contributed by atoms with E-state index in [1.54, 1.807) is 11.9 Å². The summed E-state index contributed by atoms with van der Waals surface area (Å²) >= 11 is 0. The molecule has 0 saturated carbocycles. The summed E-state index contributed by atoms with van der Waals surface area (Å²) in [6, 6.07) is 7.84. The maximum atomic E-state index is 12.7. The molecule has 1 aromatic carbocycles. The van der Waals surface area contributed by atoms with Crippen molar-refractivity contribution in [2.24, 2.45) is 0 Å². The maximum Gasteiger partial charge on any atom is 0.270 e. The largest absolute Gasteiger partial charge is 0.492 e. The number of fused-ring (bicyclic) bond motifs is 1. The lowest BCUT2D eigenvalue weighted by atomic mass is 9.94. The van der Waals surface area contributed by atoms with Crippen molar-refractivity contribution in [2.75, 3.05) is 20.2 Å². The first-order chi connectivity index (χ1) is 12.0. The number of ketones is 1. The van der Waals surface area contributed by atoms with Gasteiger partial charge in [0.15, 0.2) is 5.78 Å². The Morgan fingerprint density at radius 2 is 2.08 bits per heavy atom. The van der Waals surface area contributed by atoms with Gasteiger partial charge in [0.1, 0.15) is 18.1 Å². The Bertz CT molecular complexity index is 807. The molecular weight excluding hydrogens is 316 g/mol. The molecule has 25 heavy (non-hydrogen) atoms. The molecule has 1 N–H and O–H groups in total. The summed E-state index contributed by atoms with van der Waals surface area (Å²) in [5, 5.41) is 0. The number of carbonyl (C=O) groups excluding carboxylic acids is 2. The Balaban J connectivity index is 1.64. The minimum Gasteiger partial charge on any atom is -0.492 e. The molecule has 0 unspecified atom stereocenters. The second kappa shape index (κ2) is 7.13. The molecule has 1 amide bonds. The lowest BCUT2D eigenvalue weighted by Crippen LogP contribution is -2.31.